The van der Waals surface area contributed by atoms with E-state index in [1.807, 2.05) is 20.8 Å². The molecule has 4 heterocycles. The second-order valence-corrected chi connectivity index (χ2v) is 10.2. The van der Waals surface area contributed by atoms with E-state index in [4.69, 9.17) is 9.47 Å². The van der Waals surface area contributed by atoms with Crippen LogP contribution in [0.3, 0.4) is 0 Å². The number of nitrogens with zero attached hydrogens (tertiary/aromatic N) is 4. The monoisotopic (exact) mass is 530 g/mol. The van der Waals surface area contributed by atoms with Gasteiger partial charge in [-0.3, -0.25) is 14.5 Å². The van der Waals surface area contributed by atoms with E-state index in [-0.39, 0.29) is 17.0 Å². The number of carbonyl (C=O) groups excluding carboxylic acids is 1. The molecule has 0 radical (unpaired) electrons. The Balaban J connectivity index is 1.49. The van der Waals surface area contributed by atoms with Crippen molar-refractivity contribution >= 4 is 45.7 Å². The highest BCUT2D eigenvalue weighted by Gasteiger charge is 2.47. The Bertz CT molecular complexity index is 1020. The summed E-state index contributed by atoms with van der Waals surface area (Å²) < 4.78 is 13.4. The van der Waals surface area contributed by atoms with Crippen molar-refractivity contribution in [2.45, 2.75) is 45.3 Å². The molecular formula is C19H27IN6O4. The Hall–Kier alpha value is -1.89. The second kappa shape index (κ2) is 7.66. The van der Waals surface area contributed by atoms with Gasteiger partial charge in [0.1, 0.15) is 14.7 Å². The normalized spacial score (nSPS) is 21.4. The molecule has 2 aliphatic rings. The molecule has 10 nitrogen and oxygen atoms in total. The van der Waals surface area contributed by atoms with E-state index in [0.717, 1.165) is 12.8 Å². The molecule has 2 aromatic rings. The number of piperidine rings is 1. The molecule has 0 aliphatic carbocycles. The van der Waals surface area contributed by atoms with Gasteiger partial charge in [0, 0.05) is 25.6 Å². The van der Waals surface area contributed by atoms with Gasteiger partial charge < -0.3 is 19.7 Å². The average molecular weight is 530 g/mol. The van der Waals surface area contributed by atoms with Gasteiger partial charge in [-0.25, -0.2) is 4.79 Å². The number of fused-ring (bicyclic) bond motifs is 1. The Labute approximate surface area is 187 Å². The first-order chi connectivity index (χ1) is 14.1. The minimum absolute atomic E-state index is 0.0957. The summed E-state index contributed by atoms with van der Waals surface area (Å²) in [5, 5.41) is 10.5. The van der Waals surface area contributed by atoms with Crippen LogP contribution in [0.4, 0.5) is 10.7 Å². The van der Waals surface area contributed by atoms with Crippen molar-refractivity contribution in [3.05, 3.63) is 14.1 Å². The van der Waals surface area contributed by atoms with Crippen LogP contribution >= 0.6 is 22.6 Å². The summed E-state index contributed by atoms with van der Waals surface area (Å²) in [6.07, 6.45) is 1.22. The maximum absolute atomic E-state index is 12.8. The summed E-state index contributed by atoms with van der Waals surface area (Å²) in [7, 11) is 1.74. The molecule has 2 aliphatic heterocycles. The fraction of sp³-hybridized carbons (Fsp3) is 0.684. The maximum Gasteiger partial charge on any atom is 0.407 e. The van der Waals surface area contributed by atoms with Crippen LogP contribution < -0.4 is 15.8 Å². The van der Waals surface area contributed by atoms with E-state index in [9.17, 15) is 9.59 Å². The molecule has 0 unspecified atom stereocenters. The molecule has 1 spiro atoms. The number of halogens is 1. The van der Waals surface area contributed by atoms with E-state index in [1.165, 1.54) is 0 Å². The lowest BCUT2D eigenvalue weighted by Crippen LogP contribution is -2.53. The zero-order valence-corrected chi connectivity index (χ0v) is 19.8. The molecule has 30 heavy (non-hydrogen) atoms. The summed E-state index contributed by atoms with van der Waals surface area (Å²) >= 11 is 2.06. The van der Waals surface area contributed by atoms with Gasteiger partial charge in [0.2, 0.25) is 5.95 Å². The quantitative estimate of drug-likeness (QED) is 0.569. The van der Waals surface area contributed by atoms with E-state index in [1.54, 1.807) is 11.6 Å². The van der Waals surface area contributed by atoms with E-state index >= 15 is 0 Å². The SMILES string of the molecule is Cn1c(N2CCC3(CC2)COC[C@H]3NC(=O)OC(C)(C)C)nc2n[nH]c(I)c2c1=O. The Morgan fingerprint density at radius 1 is 1.37 bits per heavy atom. The number of H-pyrrole nitrogens is 1. The molecule has 2 N–H and O–H groups in total. The maximum atomic E-state index is 12.8. The highest BCUT2D eigenvalue weighted by molar-refractivity contribution is 14.1. The molecule has 1 atom stereocenters. The number of aromatic nitrogens is 4. The number of ether oxygens (including phenoxy) is 2. The first kappa shape index (κ1) is 21.3. The van der Waals surface area contributed by atoms with Crippen LogP contribution in [0.1, 0.15) is 33.6 Å². The minimum Gasteiger partial charge on any atom is -0.444 e. The molecule has 2 saturated heterocycles. The lowest BCUT2D eigenvalue weighted by atomic mass is 9.74. The molecule has 4 rings (SSSR count). The van der Waals surface area contributed by atoms with Gasteiger partial charge in [-0.15, -0.1) is 0 Å². The van der Waals surface area contributed by atoms with Crippen LogP contribution in [0.2, 0.25) is 0 Å². The average Bonchev–Trinajstić information content (AvgIpc) is 3.21. The Morgan fingerprint density at radius 3 is 2.73 bits per heavy atom. The molecule has 11 heteroatoms. The molecular weight excluding hydrogens is 503 g/mol. The summed E-state index contributed by atoms with van der Waals surface area (Å²) in [6.45, 7) is 8.05. The van der Waals surface area contributed by atoms with Crippen molar-refractivity contribution in [2.24, 2.45) is 12.5 Å². The standard InChI is InChI=1S/C19H27IN6O4/c1-18(2,3)30-17(28)21-11-9-29-10-19(11)5-7-26(8-6-19)16-22-14-12(13(20)23-24-14)15(27)25(16)4/h11H,5-10H2,1-4H3,(H,21,28)(H,23,24)/t11-/m1/s1. The fourth-order valence-corrected chi connectivity index (χ4v) is 4.83. The number of hydrogen-bond acceptors (Lipinski definition) is 7. The van der Waals surface area contributed by atoms with Gasteiger partial charge in [-0.05, 0) is 56.2 Å². The highest BCUT2D eigenvalue weighted by Crippen LogP contribution is 2.40. The van der Waals surface area contributed by atoms with Crippen molar-refractivity contribution in [1.29, 1.82) is 0 Å². The van der Waals surface area contributed by atoms with Crippen LogP contribution in [0.5, 0.6) is 0 Å². The number of aromatic amines is 1. The lowest BCUT2D eigenvalue weighted by molar-refractivity contribution is 0.0455. The van der Waals surface area contributed by atoms with Gasteiger partial charge in [-0.2, -0.15) is 10.1 Å². The topological polar surface area (TPSA) is 114 Å². The summed E-state index contributed by atoms with van der Waals surface area (Å²) in [5.41, 5.74) is -0.356. The zero-order valence-electron chi connectivity index (χ0n) is 17.6. The predicted molar refractivity (Wildman–Crippen MR) is 120 cm³/mol. The summed E-state index contributed by atoms with van der Waals surface area (Å²) in [5.74, 6) is 0.612. The van der Waals surface area contributed by atoms with Gasteiger partial charge in [-0.1, -0.05) is 0 Å². The molecule has 2 aromatic heterocycles. The number of anilines is 1. The van der Waals surface area contributed by atoms with Crippen molar-refractivity contribution in [1.82, 2.24) is 25.1 Å². The molecule has 2 fully saturated rings. The zero-order chi connectivity index (χ0) is 21.7. The predicted octanol–water partition coefficient (Wildman–Crippen LogP) is 1.77. The van der Waals surface area contributed by atoms with E-state index in [0.29, 0.717) is 47.0 Å². The van der Waals surface area contributed by atoms with Gasteiger partial charge >= 0.3 is 6.09 Å². The summed E-state index contributed by atoms with van der Waals surface area (Å²) in [4.78, 5) is 31.8. The minimum atomic E-state index is -0.542. The molecule has 0 bridgehead atoms. The van der Waals surface area contributed by atoms with Crippen LogP contribution in [-0.4, -0.2) is 63.8 Å². The molecule has 0 saturated carbocycles. The highest BCUT2D eigenvalue weighted by atomic mass is 127. The molecule has 164 valence electrons. The summed E-state index contributed by atoms with van der Waals surface area (Å²) in [6, 6.07) is -0.0957. The van der Waals surface area contributed by atoms with Gasteiger partial charge in [0.15, 0.2) is 5.65 Å². The first-order valence-electron chi connectivity index (χ1n) is 10.0. The van der Waals surface area contributed by atoms with Crippen molar-refractivity contribution in [3.63, 3.8) is 0 Å². The molecule has 1 amide bonds. The third-order valence-corrected chi connectivity index (χ3v) is 6.65. The van der Waals surface area contributed by atoms with Crippen LogP contribution in [0.15, 0.2) is 4.79 Å². The number of carbonyl (C=O) groups is 1. The van der Waals surface area contributed by atoms with Crippen molar-refractivity contribution in [2.75, 3.05) is 31.2 Å². The lowest BCUT2D eigenvalue weighted by Gasteiger charge is -2.42. The largest absolute Gasteiger partial charge is 0.444 e. The second-order valence-electron chi connectivity index (χ2n) is 9.08. The van der Waals surface area contributed by atoms with Crippen LogP contribution in [0, 0.1) is 9.12 Å². The third kappa shape index (κ3) is 3.88. The fourth-order valence-electron chi connectivity index (χ4n) is 4.24. The van der Waals surface area contributed by atoms with Crippen molar-refractivity contribution in [3.8, 4) is 0 Å². The third-order valence-electron chi connectivity index (χ3n) is 5.87. The smallest absolute Gasteiger partial charge is 0.407 e. The number of amides is 1. The van der Waals surface area contributed by atoms with Crippen LogP contribution in [0.25, 0.3) is 11.0 Å². The van der Waals surface area contributed by atoms with Gasteiger partial charge in [0.25, 0.3) is 5.56 Å². The Morgan fingerprint density at radius 2 is 2.07 bits per heavy atom. The number of nitrogens with one attached hydrogen (secondary N) is 2. The number of alkyl carbamates (subject to hydrolysis) is 1. The van der Waals surface area contributed by atoms with E-state index < -0.39 is 11.7 Å². The van der Waals surface area contributed by atoms with E-state index in [2.05, 4.69) is 48.0 Å². The number of hydrogen-bond donors (Lipinski definition) is 2. The molecule has 0 aromatic carbocycles. The number of rotatable bonds is 2. The van der Waals surface area contributed by atoms with Gasteiger partial charge in [0.05, 0.1) is 19.3 Å². The Kier molecular flexibility index (Phi) is 5.45. The van der Waals surface area contributed by atoms with Crippen molar-refractivity contribution < 1.29 is 14.3 Å². The first-order valence-corrected chi connectivity index (χ1v) is 11.1. The van der Waals surface area contributed by atoms with Crippen LogP contribution in [-0.2, 0) is 16.5 Å².